The highest BCUT2D eigenvalue weighted by Gasteiger charge is 2.19. The highest BCUT2D eigenvalue weighted by atomic mass is 15.3. The van der Waals surface area contributed by atoms with Crippen LogP contribution in [0.2, 0.25) is 0 Å². The molecule has 1 aliphatic heterocycles. The Hall–Kier alpha value is -1.63. The van der Waals surface area contributed by atoms with Crippen molar-refractivity contribution in [3.05, 3.63) is 0 Å². The van der Waals surface area contributed by atoms with Crippen molar-refractivity contribution in [1.29, 1.82) is 0 Å². The van der Waals surface area contributed by atoms with Crippen molar-refractivity contribution < 1.29 is 0 Å². The van der Waals surface area contributed by atoms with Gasteiger partial charge in [-0.1, -0.05) is 6.42 Å². The Balaban J connectivity index is 2.02. The minimum absolute atomic E-state index is 0.557. The first-order valence-corrected chi connectivity index (χ1v) is 7.15. The predicted molar refractivity (Wildman–Crippen MR) is 82.5 cm³/mol. The van der Waals surface area contributed by atoms with Gasteiger partial charge in [0.1, 0.15) is 0 Å². The summed E-state index contributed by atoms with van der Waals surface area (Å²) in [5.74, 6) is 1.87. The fourth-order valence-corrected chi connectivity index (χ4v) is 2.37. The van der Waals surface area contributed by atoms with E-state index in [0.717, 1.165) is 6.54 Å². The average Bonchev–Trinajstić information content (AvgIpc) is 2.46. The summed E-state index contributed by atoms with van der Waals surface area (Å²) in [5.41, 5.74) is 0. The standard InChI is InChI=1S/C13H25N7/c1-14-11-16-12(18-13(17-11)19(2)3)15-9-10-7-5-6-8-20(10)4/h10H,5-9H2,1-4H3,(H2,14,15,16,17,18). The zero-order chi connectivity index (χ0) is 14.5. The number of nitrogens with zero attached hydrogens (tertiary/aromatic N) is 5. The van der Waals surface area contributed by atoms with Gasteiger partial charge in [-0.3, -0.25) is 0 Å². The van der Waals surface area contributed by atoms with Crippen molar-refractivity contribution in [2.75, 3.05) is 56.8 Å². The smallest absolute Gasteiger partial charge is 0.231 e. The van der Waals surface area contributed by atoms with Crippen molar-refractivity contribution in [3.8, 4) is 0 Å². The molecule has 0 saturated carbocycles. The molecule has 1 aliphatic rings. The molecule has 0 radical (unpaired) electrons. The number of nitrogens with one attached hydrogen (secondary N) is 2. The fourth-order valence-electron chi connectivity index (χ4n) is 2.37. The molecular weight excluding hydrogens is 254 g/mol. The van der Waals surface area contributed by atoms with Gasteiger partial charge in [0.15, 0.2) is 0 Å². The van der Waals surface area contributed by atoms with E-state index in [0.29, 0.717) is 23.9 Å². The Kier molecular flexibility index (Phi) is 4.94. The first kappa shape index (κ1) is 14.8. The molecule has 0 bridgehead atoms. The molecule has 0 spiro atoms. The largest absolute Gasteiger partial charge is 0.357 e. The van der Waals surface area contributed by atoms with Crippen LogP contribution in [0, 0.1) is 0 Å². The van der Waals surface area contributed by atoms with Gasteiger partial charge in [-0.05, 0) is 26.4 Å². The van der Waals surface area contributed by atoms with Crippen molar-refractivity contribution >= 4 is 17.8 Å². The molecule has 1 unspecified atom stereocenters. The minimum Gasteiger partial charge on any atom is -0.357 e. The van der Waals surface area contributed by atoms with E-state index in [4.69, 9.17) is 0 Å². The van der Waals surface area contributed by atoms with Gasteiger partial charge in [-0.15, -0.1) is 0 Å². The van der Waals surface area contributed by atoms with Crippen LogP contribution >= 0.6 is 0 Å². The van der Waals surface area contributed by atoms with E-state index in [-0.39, 0.29) is 0 Å². The van der Waals surface area contributed by atoms with E-state index in [1.165, 1.54) is 25.8 Å². The summed E-state index contributed by atoms with van der Waals surface area (Å²) in [6.45, 7) is 2.05. The predicted octanol–water partition coefficient (Wildman–Crippen LogP) is 0.876. The van der Waals surface area contributed by atoms with E-state index in [1.54, 1.807) is 0 Å². The summed E-state index contributed by atoms with van der Waals surface area (Å²) in [5, 5.41) is 6.31. The summed E-state index contributed by atoms with van der Waals surface area (Å²) in [6.07, 6.45) is 3.83. The van der Waals surface area contributed by atoms with E-state index in [2.05, 4.69) is 37.5 Å². The molecule has 1 aromatic rings. The van der Waals surface area contributed by atoms with Gasteiger partial charge >= 0.3 is 0 Å². The molecule has 1 fully saturated rings. The number of hydrogen-bond acceptors (Lipinski definition) is 7. The van der Waals surface area contributed by atoms with E-state index in [9.17, 15) is 0 Å². The number of anilines is 3. The topological polar surface area (TPSA) is 69.2 Å². The molecule has 7 nitrogen and oxygen atoms in total. The van der Waals surface area contributed by atoms with Crippen molar-refractivity contribution in [3.63, 3.8) is 0 Å². The molecule has 1 saturated heterocycles. The Labute approximate surface area is 120 Å². The Morgan fingerprint density at radius 3 is 2.60 bits per heavy atom. The number of likely N-dealkylation sites (N-methyl/N-ethyl adjacent to an activating group) is 1. The zero-order valence-electron chi connectivity index (χ0n) is 12.8. The molecule has 2 rings (SSSR count). The van der Waals surface area contributed by atoms with E-state index >= 15 is 0 Å². The summed E-state index contributed by atoms with van der Waals surface area (Å²) >= 11 is 0. The molecule has 20 heavy (non-hydrogen) atoms. The van der Waals surface area contributed by atoms with Crippen LogP contribution in [-0.4, -0.2) is 67.2 Å². The van der Waals surface area contributed by atoms with Gasteiger partial charge in [0, 0.05) is 33.7 Å². The third-order valence-corrected chi connectivity index (χ3v) is 3.66. The molecule has 0 aliphatic carbocycles. The van der Waals surface area contributed by atoms with Crippen LogP contribution in [0.5, 0.6) is 0 Å². The Morgan fingerprint density at radius 1 is 1.20 bits per heavy atom. The van der Waals surface area contributed by atoms with Crippen LogP contribution in [0.4, 0.5) is 17.8 Å². The molecular formula is C13H25N7. The number of piperidine rings is 1. The quantitative estimate of drug-likeness (QED) is 0.829. The van der Waals surface area contributed by atoms with Crippen LogP contribution < -0.4 is 15.5 Å². The zero-order valence-corrected chi connectivity index (χ0v) is 12.8. The van der Waals surface area contributed by atoms with Crippen LogP contribution in [0.1, 0.15) is 19.3 Å². The third kappa shape index (κ3) is 3.69. The molecule has 112 valence electrons. The van der Waals surface area contributed by atoms with Gasteiger partial charge in [-0.2, -0.15) is 15.0 Å². The number of aromatic nitrogens is 3. The lowest BCUT2D eigenvalue weighted by Crippen LogP contribution is -2.41. The molecule has 1 atom stereocenters. The first-order valence-electron chi connectivity index (χ1n) is 7.15. The summed E-state index contributed by atoms with van der Waals surface area (Å²) in [6, 6.07) is 0.557. The lowest BCUT2D eigenvalue weighted by atomic mass is 10.0. The highest BCUT2D eigenvalue weighted by molar-refractivity contribution is 5.42. The second kappa shape index (κ2) is 6.69. The Bertz CT molecular complexity index is 435. The molecule has 2 heterocycles. The van der Waals surface area contributed by atoms with Gasteiger partial charge in [0.2, 0.25) is 17.8 Å². The van der Waals surface area contributed by atoms with Crippen molar-refractivity contribution in [2.45, 2.75) is 25.3 Å². The molecule has 0 amide bonds. The second-order valence-electron chi connectivity index (χ2n) is 5.44. The van der Waals surface area contributed by atoms with E-state index < -0.39 is 0 Å². The number of hydrogen-bond donors (Lipinski definition) is 2. The maximum absolute atomic E-state index is 4.42. The minimum atomic E-state index is 0.557. The average molecular weight is 279 g/mol. The van der Waals surface area contributed by atoms with Crippen LogP contribution in [-0.2, 0) is 0 Å². The molecule has 7 heteroatoms. The summed E-state index contributed by atoms with van der Waals surface area (Å²) in [4.78, 5) is 17.4. The van der Waals surface area contributed by atoms with Crippen LogP contribution in [0.15, 0.2) is 0 Å². The second-order valence-corrected chi connectivity index (χ2v) is 5.44. The van der Waals surface area contributed by atoms with Crippen molar-refractivity contribution in [1.82, 2.24) is 19.9 Å². The molecule has 0 aromatic carbocycles. The highest BCUT2D eigenvalue weighted by Crippen LogP contribution is 2.16. The normalized spacial score (nSPS) is 19.7. The SMILES string of the molecule is CNc1nc(NCC2CCCCN2C)nc(N(C)C)n1. The molecule has 1 aromatic heterocycles. The van der Waals surface area contributed by atoms with Crippen LogP contribution in [0.25, 0.3) is 0 Å². The van der Waals surface area contributed by atoms with E-state index in [1.807, 2.05) is 26.0 Å². The lowest BCUT2D eigenvalue weighted by Gasteiger charge is -2.32. The number of rotatable bonds is 5. The maximum atomic E-state index is 4.42. The summed E-state index contributed by atoms with van der Waals surface area (Å²) in [7, 11) is 7.84. The van der Waals surface area contributed by atoms with Gasteiger partial charge in [0.05, 0.1) is 0 Å². The van der Waals surface area contributed by atoms with Crippen LogP contribution in [0.3, 0.4) is 0 Å². The van der Waals surface area contributed by atoms with Gasteiger partial charge in [-0.25, -0.2) is 0 Å². The maximum Gasteiger partial charge on any atom is 0.231 e. The molecule has 2 N–H and O–H groups in total. The monoisotopic (exact) mass is 279 g/mol. The Morgan fingerprint density at radius 2 is 1.95 bits per heavy atom. The van der Waals surface area contributed by atoms with Gasteiger partial charge < -0.3 is 20.4 Å². The summed E-state index contributed by atoms with van der Waals surface area (Å²) < 4.78 is 0. The third-order valence-electron chi connectivity index (χ3n) is 3.66. The fraction of sp³-hybridized carbons (Fsp3) is 0.769. The van der Waals surface area contributed by atoms with Gasteiger partial charge in [0.25, 0.3) is 0 Å². The number of likely N-dealkylation sites (tertiary alicyclic amines) is 1. The van der Waals surface area contributed by atoms with Crippen molar-refractivity contribution in [2.24, 2.45) is 0 Å². The first-order chi connectivity index (χ1) is 9.60. The lowest BCUT2D eigenvalue weighted by molar-refractivity contribution is 0.194.